The normalized spacial score (nSPS) is 11.8. The topological polar surface area (TPSA) is 66.5 Å². The molecule has 2 rings (SSSR count). The molecule has 0 aliphatic rings. The van der Waals surface area contributed by atoms with Gasteiger partial charge in [0.1, 0.15) is 5.82 Å². The van der Waals surface area contributed by atoms with Crippen molar-refractivity contribution < 1.29 is 17.6 Å². The van der Waals surface area contributed by atoms with Crippen molar-refractivity contribution in [3.05, 3.63) is 54.3 Å². The van der Waals surface area contributed by atoms with Gasteiger partial charge in [-0.2, -0.15) is 4.31 Å². The van der Waals surface area contributed by atoms with Gasteiger partial charge in [-0.15, -0.1) is 11.8 Å². The fourth-order valence-corrected chi connectivity index (χ4v) is 4.39. The maximum Gasteiger partial charge on any atom is 0.243 e. The number of carbonyl (C=O) groups excluding carboxylic acids is 1. The van der Waals surface area contributed by atoms with Crippen molar-refractivity contribution in [1.82, 2.24) is 4.31 Å². The van der Waals surface area contributed by atoms with Crippen LogP contribution in [0.3, 0.4) is 0 Å². The quantitative estimate of drug-likeness (QED) is 0.669. The number of nitrogens with one attached hydrogen (secondary N) is 1. The van der Waals surface area contributed by atoms with Crippen LogP contribution in [0.15, 0.2) is 58.3 Å². The van der Waals surface area contributed by atoms with Gasteiger partial charge in [0.15, 0.2) is 0 Å². The van der Waals surface area contributed by atoms with Crippen molar-refractivity contribution in [2.75, 3.05) is 18.1 Å². The van der Waals surface area contributed by atoms with E-state index >= 15 is 0 Å². The number of rotatable bonds is 8. The molecule has 0 bridgehead atoms. The predicted molar refractivity (Wildman–Crippen MR) is 107 cm³/mol. The lowest BCUT2D eigenvalue weighted by atomic mass is 10.3. The number of anilines is 1. The molecule has 27 heavy (non-hydrogen) atoms. The van der Waals surface area contributed by atoms with Crippen LogP contribution in [0.1, 0.15) is 20.3 Å². The van der Waals surface area contributed by atoms with E-state index in [2.05, 4.69) is 5.32 Å². The number of sulfonamides is 1. The molecule has 146 valence electrons. The van der Waals surface area contributed by atoms with Gasteiger partial charge in [-0.3, -0.25) is 4.79 Å². The van der Waals surface area contributed by atoms with Crippen LogP contribution in [0, 0.1) is 5.82 Å². The third-order valence-electron chi connectivity index (χ3n) is 3.95. The van der Waals surface area contributed by atoms with E-state index in [0.717, 1.165) is 4.90 Å². The van der Waals surface area contributed by atoms with Gasteiger partial charge in [-0.05, 0) is 62.4 Å². The summed E-state index contributed by atoms with van der Waals surface area (Å²) in [6.45, 7) is 3.60. The number of carbonyl (C=O) groups is 1. The van der Waals surface area contributed by atoms with Gasteiger partial charge in [0.05, 0.1) is 4.90 Å². The second-order valence-electron chi connectivity index (χ2n) is 6.24. The largest absolute Gasteiger partial charge is 0.326 e. The highest BCUT2D eigenvalue weighted by Crippen LogP contribution is 2.21. The number of hydrogen-bond donors (Lipinski definition) is 1. The molecule has 0 aliphatic carbocycles. The summed E-state index contributed by atoms with van der Waals surface area (Å²) in [5.41, 5.74) is 0.540. The summed E-state index contributed by atoms with van der Waals surface area (Å²) in [5, 5.41) is 2.75. The second kappa shape index (κ2) is 9.34. The first kappa shape index (κ1) is 21.4. The molecule has 5 nitrogen and oxygen atoms in total. The molecule has 1 amide bonds. The molecular weight excluding hydrogens is 387 g/mol. The summed E-state index contributed by atoms with van der Waals surface area (Å²) >= 11 is 1.47. The second-order valence-corrected chi connectivity index (χ2v) is 9.41. The highest BCUT2D eigenvalue weighted by atomic mass is 32.2. The van der Waals surface area contributed by atoms with Crippen LogP contribution in [0.4, 0.5) is 10.1 Å². The Labute approximate surface area is 164 Å². The predicted octanol–water partition coefficient (Wildman–Crippen LogP) is 3.98. The maximum absolute atomic E-state index is 12.9. The molecule has 8 heteroatoms. The van der Waals surface area contributed by atoms with E-state index in [1.54, 1.807) is 38.1 Å². The van der Waals surface area contributed by atoms with Gasteiger partial charge >= 0.3 is 0 Å². The number of benzene rings is 2. The summed E-state index contributed by atoms with van der Waals surface area (Å²) < 4.78 is 39.0. The summed E-state index contributed by atoms with van der Waals surface area (Å²) in [7, 11) is -2.00. The number of halogens is 1. The Morgan fingerprint density at radius 2 is 1.70 bits per heavy atom. The Bertz CT molecular complexity index is 867. The Morgan fingerprint density at radius 1 is 1.11 bits per heavy atom. The van der Waals surface area contributed by atoms with Crippen molar-refractivity contribution in [3.63, 3.8) is 0 Å². The number of amides is 1. The molecule has 0 heterocycles. The van der Waals surface area contributed by atoms with Crippen LogP contribution >= 0.6 is 11.8 Å². The number of nitrogens with zero attached hydrogens (tertiary/aromatic N) is 1. The van der Waals surface area contributed by atoms with E-state index < -0.39 is 10.0 Å². The molecule has 0 radical (unpaired) electrons. The monoisotopic (exact) mass is 410 g/mol. The number of thioether (sulfide) groups is 1. The highest BCUT2D eigenvalue weighted by molar-refractivity contribution is 7.99. The first-order valence-electron chi connectivity index (χ1n) is 8.46. The van der Waals surface area contributed by atoms with Gasteiger partial charge in [-0.1, -0.05) is 0 Å². The summed E-state index contributed by atoms with van der Waals surface area (Å²) in [5.74, 6) is 0.102. The van der Waals surface area contributed by atoms with Crippen molar-refractivity contribution >= 4 is 33.4 Å². The average Bonchev–Trinajstić information content (AvgIpc) is 2.63. The Morgan fingerprint density at radius 3 is 2.26 bits per heavy atom. The Kier molecular flexibility index (Phi) is 7.41. The van der Waals surface area contributed by atoms with E-state index in [9.17, 15) is 17.6 Å². The lowest BCUT2D eigenvalue weighted by molar-refractivity contribution is -0.115. The zero-order valence-electron chi connectivity index (χ0n) is 15.5. The standard InChI is InChI=1S/C19H23FN2O3S2/c1-14(2)22(3)27(24,25)18-10-6-16(7-11-18)21-19(23)12-13-26-17-8-4-15(20)5-9-17/h4-11,14H,12-13H2,1-3H3,(H,21,23). The Balaban J connectivity index is 1.88. The van der Waals surface area contributed by atoms with Gasteiger partial charge < -0.3 is 5.32 Å². The van der Waals surface area contributed by atoms with Crippen LogP contribution in [-0.2, 0) is 14.8 Å². The minimum atomic E-state index is -3.54. The molecule has 0 spiro atoms. The summed E-state index contributed by atoms with van der Waals surface area (Å²) in [6.07, 6.45) is 0.290. The van der Waals surface area contributed by atoms with Crippen molar-refractivity contribution in [2.24, 2.45) is 0 Å². The van der Waals surface area contributed by atoms with Gasteiger partial charge in [-0.25, -0.2) is 12.8 Å². The molecule has 1 N–H and O–H groups in total. The minimum Gasteiger partial charge on any atom is -0.326 e. The van der Waals surface area contributed by atoms with Crippen LogP contribution < -0.4 is 5.32 Å². The molecule has 2 aromatic rings. The summed E-state index contributed by atoms with van der Waals surface area (Å²) in [6, 6.07) is 12.1. The highest BCUT2D eigenvalue weighted by Gasteiger charge is 2.22. The number of hydrogen-bond acceptors (Lipinski definition) is 4. The fraction of sp³-hybridized carbons (Fsp3) is 0.316. The van der Waals surface area contributed by atoms with E-state index in [0.29, 0.717) is 11.4 Å². The minimum absolute atomic E-state index is 0.145. The first-order chi connectivity index (χ1) is 12.7. The van der Waals surface area contributed by atoms with Gasteiger partial charge in [0.25, 0.3) is 0 Å². The van der Waals surface area contributed by atoms with Gasteiger partial charge in [0.2, 0.25) is 15.9 Å². The van der Waals surface area contributed by atoms with Gasteiger partial charge in [0, 0.05) is 35.8 Å². The van der Waals surface area contributed by atoms with Crippen LogP contribution in [0.2, 0.25) is 0 Å². The lowest BCUT2D eigenvalue weighted by Crippen LogP contribution is -2.33. The van der Waals surface area contributed by atoms with E-state index in [-0.39, 0.29) is 29.1 Å². The van der Waals surface area contributed by atoms with E-state index in [1.807, 2.05) is 0 Å². The molecular formula is C19H23FN2O3S2. The van der Waals surface area contributed by atoms with Crippen molar-refractivity contribution in [3.8, 4) is 0 Å². The molecule has 2 aromatic carbocycles. The fourth-order valence-electron chi connectivity index (χ4n) is 2.17. The van der Waals surface area contributed by atoms with Crippen LogP contribution in [0.5, 0.6) is 0 Å². The SMILES string of the molecule is CC(C)N(C)S(=O)(=O)c1ccc(NC(=O)CCSc2ccc(F)cc2)cc1. The molecule has 0 unspecified atom stereocenters. The van der Waals surface area contributed by atoms with Crippen LogP contribution in [0.25, 0.3) is 0 Å². The molecule has 0 saturated carbocycles. The van der Waals surface area contributed by atoms with Crippen molar-refractivity contribution in [1.29, 1.82) is 0 Å². The first-order valence-corrected chi connectivity index (χ1v) is 10.9. The summed E-state index contributed by atoms with van der Waals surface area (Å²) in [4.78, 5) is 13.1. The smallest absolute Gasteiger partial charge is 0.243 e. The molecule has 0 atom stereocenters. The van der Waals surface area contributed by atoms with E-state index in [4.69, 9.17) is 0 Å². The van der Waals surface area contributed by atoms with Crippen LogP contribution in [-0.4, -0.2) is 37.5 Å². The molecule has 0 saturated heterocycles. The Hall–Kier alpha value is -1.90. The van der Waals surface area contributed by atoms with E-state index in [1.165, 1.54) is 47.4 Å². The third kappa shape index (κ3) is 6.05. The average molecular weight is 411 g/mol. The van der Waals surface area contributed by atoms with Crippen molar-refractivity contribution in [2.45, 2.75) is 36.1 Å². The maximum atomic E-state index is 12.9. The zero-order valence-corrected chi connectivity index (χ0v) is 17.1. The molecule has 0 aliphatic heterocycles. The lowest BCUT2D eigenvalue weighted by Gasteiger charge is -2.21. The zero-order chi connectivity index (χ0) is 20.0. The molecule has 0 aromatic heterocycles. The molecule has 0 fully saturated rings. The third-order valence-corrected chi connectivity index (χ3v) is 7.02.